The van der Waals surface area contributed by atoms with Gasteiger partial charge in [0, 0.05) is 24.3 Å². The molecule has 1 saturated heterocycles. The van der Waals surface area contributed by atoms with Crippen LogP contribution in [0, 0.1) is 0 Å². The predicted molar refractivity (Wildman–Crippen MR) is 82.7 cm³/mol. The van der Waals surface area contributed by atoms with Gasteiger partial charge in [0.1, 0.15) is 0 Å². The number of hydrogen-bond donors (Lipinski definition) is 4. The second-order valence-electron chi connectivity index (χ2n) is 4.78. The van der Waals surface area contributed by atoms with E-state index in [4.69, 9.17) is 0 Å². The van der Waals surface area contributed by atoms with E-state index in [1.54, 1.807) is 24.3 Å². The molecule has 116 valence electrons. The molecule has 4 N–H and O–H groups in total. The second-order valence-corrected chi connectivity index (χ2v) is 4.78. The maximum Gasteiger partial charge on any atom is 0.251 e. The first-order valence-electron chi connectivity index (χ1n) is 6.70. The molecule has 7 heteroatoms. The number of benzene rings is 1. The second kappa shape index (κ2) is 7.97. The van der Waals surface area contributed by atoms with Crippen molar-refractivity contribution in [2.45, 2.75) is 25.5 Å². The van der Waals surface area contributed by atoms with Gasteiger partial charge in [-0.2, -0.15) is 0 Å². The fourth-order valence-electron chi connectivity index (χ4n) is 2.11. The van der Waals surface area contributed by atoms with Gasteiger partial charge in [0.2, 0.25) is 5.91 Å². The molecular weight excluding hydrogens is 294 g/mol. The summed E-state index contributed by atoms with van der Waals surface area (Å²) in [5.41, 5.74) is 1.19. The zero-order chi connectivity index (χ0) is 14.5. The summed E-state index contributed by atoms with van der Waals surface area (Å²) < 4.78 is 0. The summed E-state index contributed by atoms with van der Waals surface area (Å²) in [4.78, 5) is 23.5. The van der Waals surface area contributed by atoms with Gasteiger partial charge in [-0.1, -0.05) is 0 Å². The molecule has 6 nitrogen and oxygen atoms in total. The standard InChI is InChI=1S/C14H19N3O3.ClH/c1-2-15-13(19)9-3-5-10(6-4-9)17-14(20)12-7-11(18)8-16-12;/h3-6,11-12,16,18H,2,7-8H2,1H3,(H,15,19)(H,17,20);1H. The van der Waals surface area contributed by atoms with E-state index < -0.39 is 6.10 Å². The molecule has 1 aromatic rings. The number of carbonyl (C=O) groups is 2. The minimum atomic E-state index is -0.467. The topological polar surface area (TPSA) is 90.5 Å². The van der Waals surface area contributed by atoms with Crippen molar-refractivity contribution in [2.24, 2.45) is 0 Å². The third-order valence-corrected chi connectivity index (χ3v) is 3.18. The van der Waals surface area contributed by atoms with Crippen LogP contribution in [0.3, 0.4) is 0 Å². The molecule has 1 fully saturated rings. The Bertz CT molecular complexity index is 493. The molecule has 0 aromatic heterocycles. The molecule has 2 rings (SSSR count). The van der Waals surface area contributed by atoms with Crippen LogP contribution in [0.2, 0.25) is 0 Å². The minimum absolute atomic E-state index is 0. The minimum Gasteiger partial charge on any atom is -0.392 e. The molecule has 1 heterocycles. The van der Waals surface area contributed by atoms with E-state index in [0.717, 1.165) is 0 Å². The number of aliphatic hydroxyl groups is 1. The van der Waals surface area contributed by atoms with Crippen LogP contribution in [0.1, 0.15) is 23.7 Å². The number of halogens is 1. The van der Waals surface area contributed by atoms with Gasteiger partial charge in [-0.05, 0) is 37.6 Å². The molecule has 0 bridgehead atoms. The van der Waals surface area contributed by atoms with Crippen LogP contribution in [0.4, 0.5) is 5.69 Å². The third-order valence-electron chi connectivity index (χ3n) is 3.18. The van der Waals surface area contributed by atoms with Crippen LogP contribution in [0.25, 0.3) is 0 Å². The normalized spacial score (nSPS) is 20.5. The smallest absolute Gasteiger partial charge is 0.251 e. The Morgan fingerprint density at radius 3 is 2.52 bits per heavy atom. The van der Waals surface area contributed by atoms with Crippen molar-refractivity contribution < 1.29 is 14.7 Å². The van der Waals surface area contributed by atoms with E-state index >= 15 is 0 Å². The number of aliphatic hydroxyl groups excluding tert-OH is 1. The molecule has 1 aromatic carbocycles. The van der Waals surface area contributed by atoms with Crippen molar-refractivity contribution in [3.8, 4) is 0 Å². The lowest BCUT2D eigenvalue weighted by Gasteiger charge is -2.11. The number of carbonyl (C=O) groups excluding carboxylic acids is 2. The molecule has 1 aliphatic heterocycles. The van der Waals surface area contributed by atoms with Crippen molar-refractivity contribution in [1.82, 2.24) is 10.6 Å². The van der Waals surface area contributed by atoms with Crippen LogP contribution < -0.4 is 16.0 Å². The Kier molecular flexibility index (Phi) is 6.61. The molecule has 21 heavy (non-hydrogen) atoms. The van der Waals surface area contributed by atoms with Gasteiger partial charge in [0.25, 0.3) is 5.91 Å². The van der Waals surface area contributed by atoms with E-state index in [9.17, 15) is 14.7 Å². The first-order chi connectivity index (χ1) is 9.60. The molecule has 0 saturated carbocycles. The zero-order valence-corrected chi connectivity index (χ0v) is 12.6. The fraction of sp³-hybridized carbons (Fsp3) is 0.429. The molecule has 0 spiro atoms. The SMILES string of the molecule is CCNC(=O)c1ccc(NC(=O)C2CC(O)CN2)cc1.Cl. The van der Waals surface area contributed by atoms with E-state index in [-0.39, 0.29) is 30.3 Å². The molecule has 0 radical (unpaired) electrons. The quantitative estimate of drug-likeness (QED) is 0.652. The van der Waals surface area contributed by atoms with Crippen LogP contribution in [0.5, 0.6) is 0 Å². The predicted octanol–water partition coefficient (Wildman–Crippen LogP) is 0.519. The summed E-state index contributed by atoms with van der Waals surface area (Å²) in [6.07, 6.45) is -0.0473. The van der Waals surface area contributed by atoms with E-state index in [1.807, 2.05) is 6.92 Å². The number of anilines is 1. The van der Waals surface area contributed by atoms with Crippen LogP contribution in [0.15, 0.2) is 24.3 Å². The van der Waals surface area contributed by atoms with Crippen LogP contribution >= 0.6 is 12.4 Å². The molecular formula is C14H20ClN3O3. The maximum absolute atomic E-state index is 11.9. The monoisotopic (exact) mass is 313 g/mol. The first kappa shape index (κ1) is 17.4. The number of amides is 2. The van der Waals surface area contributed by atoms with Gasteiger partial charge in [-0.3, -0.25) is 9.59 Å². The van der Waals surface area contributed by atoms with Crippen molar-refractivity contribution in [3.63, 3.8) is 0 Å². The molecule has 1 aliphatic rings. The van der Waals surface area contributed by atoms with Crippen molar-refractivity contribution in [1.29, 1.82) is 0 Å². The Hall–Kier alpha value is -1.63. The lowest BCUT2D eigenvalue weighted by Crippen LogP contribution is -2.35. The lowest BCUT2D eigenvalue weighted by atomic mass is 10.1. The van der Waals surface area contributed by atoms with Crippen molar-refractivity contribution in [3.05, 3.63) is 29.8 Å². The van der Waals surface area contributed by atoms with Crippen molar-refractivity contribution >= 4 is 29.9 Å². The molecule has 2 atom stereocenters. The average molecular weight is 314 g/mol. The van der Waals surface area contributed by atoms with Crippen molar-refractivity contribution in [2.75, 3.05) is 18.4 Å². The fourth-order valence-corrected chi connectivity index (χ4v) is 2.11. The highest BCUT2D eigenvalue weighted by atomic mass is 35.5. The zero-order valence-electron chi connectivity index (χ0n) is 11.8. The number of β-amino-alcohol motifs (C(OH)–C–C–N with tert-alkyl or cyclic N) is 1. The van der Waals surface area contributed by atoms with E-state index in [0.29, 0.717) is 30.8 Å². The Morgan fingerprint density at radius 2 is 2.00 bits per heavy atom. The first-order valence-corrected chi connectivity index (χ1v) is 6.70. The number of hydrogen-bond acceptors (Lipinski definition) is 4. The largest absolute Gasteiger partial charge is 0.392 e. The highest BCUT2D eigenvalue weighted by molar-refractivity contribution is 5.97. The van der Waals surface area contributed by atoms with Gasteiger partial charge in [0.15, 0.2) is 0 Å². The summed E-state index contributed by atoms with van der Waals surface area (Å²) in [5.74, 6) is -0.307. The van der Waals surface area contributed by atoms with E-state index in [1.165, 1.54) is 0 Å². The Morgan fingerprint density at radius 1 is 1.33 bits per heavy atom. The van der Waals surface area contributed by atoms with Gasteiger partial charge < -0.3 is 21.1 Å². The van der Waals surface area contributed by atoms with Crippen LogP contribution in [-0.4, -0.2) is 42.2 Å². The average Bonchev–Trinajstić information content (AvgIpc) is 2.86. The maximum atomic E-state index is 11.9. The van der Waals surface area contributed by atoms with Crippen LogP contribution in [-0.2, 0) is 4.79 Å². The summed E-state index contributed by atoms with van der Waals surface area (Å²) in [5, 5.41) is 17.8. The van der Waals surface area contributed by atoms with E-state index in [2.05, 4.69) is 16.0 Å². The van der Waals surface area contributed by atoms with Gasteiger partial charge in [-0.15, -0.1) is 12.4 Å². The summed E-state index contributed by atoms with van der Waals surface area (Å²) in [7, 11) is 0. The van der Waals surface area contributed by atoms with Gasteiger partial charge in [-0.25, -0.2) is 0 Å². The third kappa shape index (κ3) is 4.70. The molecule has 2 amide bonds. The summed E-state index contributed by atoms with van der Waals surface area (Å²) >= 11 is 0. The highest BCUT2D eigenvalue weighted by Gasteiger charge is 2.27. The molecule has 2 unspecified atom stereocenters. The van der Waals surface area contributed by atoms with Gasteiger partial charge in [0.05, 0.1) is 12.1 Å². The number of rotatable bonds is 4. The number of nitrogens with one attached hydrogen (secondary N) is 3. The molecule has 0 aliphatic carbocycles. The van der Waals surface area contributed by atoms with Gasteiger partial charge >= 0.3 is 0 Å². The lowest BCUT2D eigenvalue weighted by molar-refractivity contribution is -0.117. The Balaban J connectivity index is 0.00000220. The Labute approximate surface area is 129 Å². The summed E-state index contributed by atoms with van der Waals surface area (Å²) in [6.45, 7) is 2.87. The summed E-state index contributed by atoms with van der Waals surface area (Å²) in [6, 6.07) is 6.34. The highest BCUT2D eigenvalue weighted by Crippen LogP contribution is 2.13.